The summed E-state index contributed by atoms with van der Waals surface area (Å²) in [5, 5.41) is 3.05. The van der Waals surface area contributed by atoms with Gasteiger partial charge in [-0.15, -0.1) is 0 Å². The molecule has 1 aromatic heterocycles. The summed E-state index contributed by atoms with van der Waals surface area (Å²) in [4.78, 5) is 16.1. The van der Waals surface area contributed by atoms with Crippen LogP contribution in [0.15, 0.2) is 36.5 Å². The number of hydrogen-bond donors (Lipinski definition) is 2. The van der Waals surface area contributed by atoms with E-state index in [4.69, 9.17) is 17.3 Å². The summed E-state index contributed by atoms with van der Waals surface area (Å²) in [6.07, 6.45) is 2.41. The highest BCUT2D eigenvalue weighted by atomic mass is 35.5. The third kappa shape index (κ3) is 3.73. The fraction of sp³-hybridized carbons (Fsp3) is 0.250. The quantitative estimate of drug-likeness (QED) is 0.851. The van der Waals surface area contributed by atoms with Crippen LogP contribution in [0.5, 0.6) is 0 Å². The first-order chi connectivity index (χ1) is 10.0. The average Bonchev–Trinajstić information content (AvgIpc) is 2.49. The van der Waals surface area contributed by atoms with Crippen LogP contribution in [0, 0.1) is 0 Å². The van der Waals surface area contributed by atoms with Crippen molar-refractivity contribution in [2.75, 3.05) is 5.73 Å². The number of hydrogen-bond acceptors (Lipinski definition) is 3. The van der Waals surface area contributed by atoms with Crippen LogP contribution in [-0.2, 0) is 6.42 Å². The summed E-state index contributed by atoms with van der Waals surface area (Å²) in [6.45, 7) is 4.03. The van der Waals surface area contributed by atoms with E-state index in [-0.39, 0.29) is 22.7 Å². The SMILES string of the molecule is CCc1ccc(C(C)NC(=O)c2cc(N)cnc2Cl)cc1. The summed E-state index contributed by atoms with van der Waals surface area (Å²) in [5.74, 6) is -0.285. The molecule has 2 rings (SSSR count). The minimum atomic E-state index is -0.285. The molecule has 0 fully saturated rings. The van der Waals surface area contributed by atoms with Gasteiger partial charge in [-0.1, -0.05) is 42.8 Å². The summed E-state index contributed by atoms with van der Waals surface area (Å²) >= 11 is 5.93. The van der Waals surface area contributed by atoms with Crippen molar-refractivity contribution >= 4 is 23.2 Å². The Kier molecular flexibility index (Phi) is 4.81. The van der Waals surface area contributed by atoms with E-state index in [1.54, 1.807) is 0 Å². The molecule has 0 saturated carbocycles. The highest BCUT2D eigenvalue weighted by Gasteiger charge is 2.15. The van der Waals surface area contributed by atoms with E-state index in [1.807, 2.05) is 19.1 Å². The summed E-state index contributed by atoms with van der Waals surface area (Å²) in [5.41, 5.74) is 8.63. The number of rotatable bonds is 4. The van der Waals surface area contributed by atoms with E-state index in [1.165, 1.54) is 17.8 Å². The standard InChI is InChI=1S/C16H18ClN3O/c1-3-11-4-6-12(7-5-11)10(2)20-16(21)14-8-13(18)9-19-15(14)17/h4-10H,3,18H2,1-2H3,(H,20,21). The molecule has 1 atom stereocenters. The Bertz CT molecular complexity index is 640. The van der Waals surface area contributed by atoms with Crippen molar-refractivity contribution in [1.29, 1.82) is 0 Å². The molecule has 0 aliphatic heterocycles. The van der Waals surface area contributed by atoms with Gasteiger partial charge in [-0.3, -0.25) is 4.79 Å². The van der Waals surface area contributed by atoms with Crippen molar-refractivity contribution in [1.82, 2.24) is 10.3 Å². The predicted octanol–water partition coefficient (Wildman–Crippen LogP) is 3.37. The van der Waals surface area contributed by atoms with Gasteiger partial charge < -0.3 is 11.1 Å². The van der Waals surface area contributed by atoms with E-state index in [0.717, 1.165) is 12.0 Å². The van der Waals surface area contributed by atoms with Crippen molar-refractivity contribution < 1.29 is 4.79 Å². The summed E-state index contributed by atoms with van der Waals surface area (Å²) in [7, 11) is 0. The molecule has 0 aliphatic carbocycles. The number of amides is 1. The molecular weight excluding hydrogens is 286 g/mol. The molecule has 1 amide bonds. The van der Waals surface area contributed by atoms with Crippen LogP contribution in [0.4, 0.5) is 5.69 Å². The molecule has 5 heteroatoms. The maximum atomic E-state index is 12.2. The van der Waals surface area contributed by atoms with E-state index >= 15 is 0 Å². The minimum absolute atomic E-state index is 0.124. The third-order valence-corrected chi connectivity index (χ3v) is 3.64. The zero-order valence-electron chi connectivity index (χ0n) is 12.1. The predicted molar refractivity (Wildman–Crippen MR) is 85.4 cm³/mol. The number of nitrogens with one attached hydrogen (secondary N) is 1. The van der Waals surface area contributed by atoms with Crippen LogP contribution in [0.1, 0.15) is 41.4 Å². The molecule has 110 valence electrons. The second-order valence-electron chi connectivity index (χ2n) is 4.90. The smallest absolute Gasteiger partial charge is 0.254 e. The molecule has 1 aromatic carbocycles. The molecule has 21 heavy (non-hydrogen) atoms. The molecule has 0 radical (unpaired) electrons. The van der Waals surface area contributed by atoms with Gasteiger partial charge in [0.05, 0.1) is 23.5 Å². The molecule has 2 aromatic rings. The first-order valence-electron chi connectivity index (χ1n) is 6.82. The van der Waals surface area contributed by atoms with Gasteiger partial charge in [-0.2, -0.15) is 0 Å². The maximum Gasteiger partial charge on any atom is 0.254 e. The van der Waals surface area contributed by atoms with Crippen LogP contribution in [0.25, 0.3) is 0 Å². The Hall–Kier alpha value is -2.07. The lowest BCUT2D eigenvalue weighted by Crippen LogP contribution is -2.27. The van der Waals surface area contributed by atoms with Gasteiger partial charge in [0.25, 0.3) is 5.91 Å². The van der Waals surface area contributed by atoms with E-state index in [9.17, 15) is 4.79 Å². The van der Waals surface area contributed by atoms with Gasteiger partial charge in [0.15, 0.2) is 0 Å². The molecule has 0 aliphatic rings. The van der Waals surface area contributed by atoms with Crippen LogP contribution in [0.2, 0.25) is 5.15 Å². The first-order valence-corrected chi connectivity index (χ1v) is 7.19. The van der Waals surface area contributed by atoms with Gasteiger partial charge in [0.1, 0.15) is 5.15 Å². The second-order valence-corrected chi connectivity index (χ2v) is 5.26. The zero-order valence-corrected chi connectivity index (χ0v) is 12.8. The number of anilines is 1. The highest BCUT2D eigenvalue weighted by Crippen LogP contribution is 2.18. The number of aromatic nitrogens is 1. The Morgan fingerprint density at radius 1 is 1.38 bits per heavy atom. The van der Waals surface area contributed by atoms with Gasteiger partial charge in [0.2, 0.25) is 0 Å². The Labute approximate surface area is 129 Å². The normalized spacial score (nSPS) is 12.0. The van der Waals surface area contributed by atoms with Crippen molar-refractivity contribution in [3.8, 4) is 0 Å². The van der Waals surface area contributed by atoms with E-state index in [0.29, 0.717) is 5.69 Å². The van der Waals surface area contributed by atoms with Gasteiger partial charge in [-0.25, -0.2) is 4.98 Å². The molecule has 3 N–H and O–H groups in total. The Morgan fingerprint density at radius 3 is 2.67 bits per heavy atom. The van der Waals surface area contributed by atoms with Crippen molar-refractivity contribution in [2.45, 2.75) is 26.3 Å². The molecule has 0 spiro atoms. The Balaban J connectivity index is 2.12. The minimum Gasteiger partial charge on any atom is -0.397 e. The number of nitrogen functional groups attached to an aromatic ring is 1. The maximum absolute atomic E-state index is 12.2. The first kappa shape index (κ1) is 15.3. The lowest BCUT2D eigenvalue weighted by atomic mass is 10.0. The summed E-state index contributed by atoms with van der Waals surface area (Å²) in [6, 6.07) is 9.56. The number of aryl methyl sites for hydroxylation is 1. The molecule has 1 heterocycles. The number of nitrogens with two attached hydrogens (primary N) is 1. The lowest BCUT2D eigenvalue weighted by molar-refractivity contribution is 0.0939. The Morgan fingerprint density at radius 2 is 2.05 bits per heavy atom. The topological polar surface area (TPSA) is 68.0 Å². The number of nitrogens with zero attached hydrogens (tertiary/aromatic N) is 1. The van der Waals surface area contributed by atoms with Crippen molar-refractivity contribution in [3.05, 3.63) is 58.4 Å². The fourth-order valence-corrected chi connectivity index (χ4v) is 2.21. The number of pyridine rings is 1. The lowest BCUT2D eigenvalue weighted by Gasteiger charge is -2.15. The molecule has 1 unspecified atom stereocenters. The van der Waals surface area contributed by atoms with Crippen LogP contribution >= 0.6 is 11.6 Å². The molecule has 4 nitrogen and oxygen atoms in total. The zero-order chi connectivity index (χ0) is 15.4. The molecule has 0 bridgehead atoms. The number of benzene rings is 1. The van der Waals surface area contributed by atoms with Gasteiger partial charge in [0, 0.05) is 0 Å². The second kappa shape index (κ2) is 6.59. The molecule has 0 saturated heterocycles. The third-order valence-electron chi connectivity index (χ3n) is 3.34. The number of carbonyl (C=O) groups is 1. The van der Waals surface area contributed by atoms with Gasteiger partial charge in [-0.05, 0) is 30.5 Å². The molecular formula is C16H18ClN3O. The summed E-state index contributed by atoms with van der Waals surface area (Å²) < 4.78 is 0. The number of carbonyl (C=O) groups excluding carboxylic acids is 1. The van der Waals surface area contributed by atoms with Gasteiger partial charge >= 0.3 is 0 Å². The van der Waals surface area contributed by atoms with Crippen LogP contribution < -0.4 is 11.1 Å². The van der Waals surface area contributed by atoms with Crippen LogP contribution in [0.3, 0.4) is 0 Å². The van der Waals surface area contributed by atoms with E-state index < -0.39 is 0 Å². The van der Waals surface area contributed by atoms with E-state index in [2.05, 4.69) is 29.4 Å². The monoisotopic (exact) mass is 303 g/mol. The van der Waals surface area contributed by atoms with Crippen molar-refractivity contribution in [3.63, 3.8) is 0 Å². The van der Waals surface area contributed by atoms with Crippen LogP contribution in [-0.4, -0.2) is 10.9 Å². The average molecular weight is 304 g/mol. The fourth-order valence-electron chi connectivity index (χ4n) is 2.02. The number of halogens is 1. The highest BCUT2D eigenvalue weighted by molar-refractivity contribution is 6.32. The van der Waals surface area contributed by atoms with Crippen molar-refractivity contribution in [2.24, 2.45) is 0 Å². The largest absolute Gasteiger partial charge is 0.397 e.